The van der Waals surface area contributed by atoms with Gasteiger partial charge in [0.05, 0.1) is 18.8 Å². The van der Waals surface area contributed by atoms with Gasteiger partial charge in [0.2, 0.25) is 0 Å². The first-order valence-electron chi connectivity index (χ1n) is 7.97. The van der Waals surface area contributed by atoms with Crippen molar-refractivity contribution < 1.29 is 14.3 Å². The highest BCUT2D eigenvalue weighted by Crippen LogP contribution is 2.36. The van der Waals surface area contributed by atoms with Crippen LogP contribution in [0.15, 0.2) is 36.4 Å². The fourth-order valence-corrected chi connectivity index (χ4v) is 3.29. The summed E-state index contributed by atoms with van der Waals surface area (Å²) in [7, 11) is 0. The maximum Gasteiger partial charge on any atom is 0.340 e. The van der Waals surface area contributed by atoms with E-state index in [9.17, 15) is 4.79 Å². The van der Waals surface area contributed by atoms with E-state index in [1.165, 1.54) is 0 Å². The van der Waals surface area contributed by atoms with Crippen LogP contribution in [0.4, 0.5) is 0 Å². The first-order chi connectivity index (χ1) is 11.2. The van der Waals surface area contributed by atoms with Gasteiger partial charge in [-0.15, -0.1) is 0 Å². The Morgan fingerprint density at radius 2 is 2.13 bits per heavy atom. The molecule has 2 aromatic carbocycles. The number of hydrogen-bond acceptors (Lipinski definition) is 4. The standard InChI is InChI=1S/C19H19NO3/c1-13-11-22-9-8-20(13)12-23-19(21)17-10-15-6-2-4-14-5-3-7-16(17)18(14)15/h2-7,10,13H,8-9,11-12H2,1H3. The van der Waals surface area contributed by atoms with Gasteiger partial charge in [0.25, 0.3) is 0 Å². The van der Waals surface area contributed by atoms with Crippen molar-refractivity contribution in [3.05, 3.63) is 47.5 Å². The van der Waals surface area contributed by atoms with Gasteiger partial charge in [-0.05, 0) is 34.9 Å². The third-order valence-electron chi connectivity index (χ3n) is 4.61. The van der Waals surface area contributed by atoms with E-state index in [0.717, 1.165) is 28.4 Å². The second-order valence-electron chi connectivity index (χ2n) is 6.11. The van der Waals surface area contributed by atoms with Crippen molar-refractivity contribution >= 4 is 28.4 Å². The average molecular weight is 309 g/mol. The molecule has 0 saturated carbocycles. The smallest absolute Gasteiger partial charge is 0.340 e. The minimum atomic E-state index is -0.257. The molecule has 0 amide bonds. The molecule has 1 heterocycles. The number of esters is 1. The van der Waals surface area contributed by atoms with Gasteiger partial charge in [-0.3, -0.25) is 4.90 Å². The van der Waals surface area contributed by atoms with Crippen molar-refractivity contribution in [2.45, 2.75) is 13.0 Å². The molecule has 1 unspecified atom stereocenters. The third-order valence-corrected chi connectivity index (χ3v) is 4.61. The van der Waals surface area contributed by atoms with Crippen molar-refractivity contribution in [2.24, 2.45) is 0 Å². The molecule has 0 radical (unpaired) electrons. The number of benzene rings is 2. The summed E-state index contributed by atoms with van der Waals surface area (Å²) in [6.07, 6.45) is 1.93. The van der Waals surface area contributed by atoms with Crippen molar-refractivity contribution in [3.63, 3.8) is 0 Å². The maximum absolute atomic E-state index is 12.6. The Morgan fingerprint density at radius 3 is 2.96 bits per heavy atom. The molecule has 23 heavy (non-hydrogen) atoms. The third kappa shape index (κ3) is 2.54. The Kier molecular flexibility index (Phi) is 3.63. The minimum Gasteiger partial charge on any atom is -0.446 e. The highest BCUT2D eigenvalue weighted by atomic mass is 16.5. The number of ether oxygens (including phenoxy) is 2. The predicted molar refractivity (Wildman–Crippen MR) is 89.8 cm³/mol. The SMILES string of the molecule is CC1COCCN1COC(=O)C1=Cc2cccc3cccc1c23. The van der Waals surface area contributed by atoms with Crippen LogP contribution in [0, 0.1) is 0 Å². The van der Waals surface area contributed by atoms with E-state index < -0.39 is 0 Å². The van der Waals surface area contributed by atoms with E-state index in [-0.39, 0.29) is 12.0 Å². The molecule has 0 spiro atoms. The molecule has 2 aliphatic rings. The first-order valence-corrected chi connectivity index (χ1v) is 7.97. The molecule has 0 N–H and O–H groups in total. The highest BCUT2D eigenvalue weighted by Gasteiger charge is 2.25. The van der Waals surface area contributed by atoms with Gasteiger partial charge in [0, 0.05) is 12.6 Å². The fraction of sp³-hybridized carbons (Fsp3) is 0.316. The molecule has 4 heteroatoms. The largest absolute Gasteiger partial charge is 0.446 e. The Labute approximate surface area is 135 Å². The number of nitrogens with zero attached hydrogens (tertiary/aromatic N) is 1. The highest BCUT2D eigenvalue weighted by molar-refractivity contribution is 6.29. The average Bonchev–Trinajstić information content (AvgIpc) is 2.95. The molecule has 1 aliphatic heterocycles. The molecule has 1 fully saturated rings. The molecule has 2 aromatic rings. The van der Waals surface area contributed by atoms with Crippen LogP contribution in [0.25, 0.3) is 22.4 Å². The lowest BCUT2D eigenvalue weighted by Crippen LogP contribution is -2.45. The van der Waals surface area contributed by atoms with Gasteiger partial charge in [0.15, 0.2) is 0 Å². The molecule has 1 aliphatic carbocycles. The molecular formula is C19H19NO3. The van der Waals surface area contributed by atoms with Gasteiger partial charge in [0.1, 0.15) is 6.73 Å². The number of hydrogen-bond donors (Lipinski definition) is 0. The summed E-state index contributed by atoms with van der Waals surface area (Å²) in [5.41, 5.74) is 2.71. The zero-order valence-electron chi connectivity index (χ0n) is 13.1. The summed E-state index contributed by atoms with van der Waals surface area (Å²) in [4.78, 5) is 14.7. The van der Waals surface area contributed by atoms with Crippen LogP contribution in [-0.4, -0.2) is 43.4 Å². The monoisotopic (exact) mass is 309 g/mol. The minimum absolute atomic E-state index is 0.257. The number of carbonyl (C=O) groups is 1. The van der Waals surface area contributed by atoms with Crippen LogP contribution in [-0.2, 0) is 14.3 Å². The van der Waals surface area contributed by atoms with Crippen LogP contribution >= 0.6 is 0 Å². The van der Waals surface area contributed by atoms with Crippen LogP contribution in [0.2, 0.25) is 0 Å². The van der Waals surface area contributed by atoms with E-state index in [0.29, 0.717) is 25.5 Å². The number of carbonyl (C=O) groups excluding carboxylic acids is 1. The summed E-state index contributed by atoms with van der Waals surface area (Å²) in [6, 6.07) is 12.4. The molecule has 0 aromatic heterocycles. The zero-order chi connectivity index (χ0) is 15.8. The quantitative estimate of drug-likeness (QED) is 0.817. The van der Waals surface area contributed by atoms with Crippen LogP contribution in [0.3, 0.4) is 0 Å². The van der Waals surface area contributed by atoms with Crippen molar-refractivity contribution in [3.8, 4) is 0 Å². The van der Waals surface area contributed by atoms with Crippen molar-refractivity contribution in [2.75, 3.05) is 26.5 Å². The van der Waals surface area contributed by atoms with Crippen molar-refractivity contribution in [1.82, 2.24) is 4.90 Å². The second kappa shape index (κ2) is 5.80. The van der Waals surface area contributed by atoms with E-state index in [2.05, 4.69) is 24.0 Å². The van der Waals surface area contributed by atoms with E-state index in [1.54, 1.807) is 0 Å². The van der Waals surface area contributed by atoms with Gasteiger partial charge in [-0.25, -0.2) is 4.79 Å². The molecule has 4 nitrogen and oxygen atoms in total. The topological polar surface area (TPSA) is 38.8 Å². The van der Waals surface area contributed by atoms with Gasteiger partial charge >= 0.3 is 5.97 Å². The van der Waals surface area contributed by atoms with Gasteiger partial charge in [-0.1, -0.05) is 36.4 Å². The predicted octanol–water partition coefficient (Wildman–Crippen LogP) is 2.92. The number of morpholine rings is 1. The lowest BCUT2D eigenvalue weighted by atomic mass is 10.0. The Balaban J connectivity index is 1.53. The summed E-state index contributed by atoms with van der Waals surface area (Å²) in [5.74, 6) is -0.257. The van der Waals surface area contributed by atoms with Gasteiger partial charge < -0.3 is 9.47 Å². The molecule has 0 bridgehead atoms. The summed E-state index contributed by atoms with van der Waals surface area (Å²) in [6.45, 7) is 4.56. The summed E-state index contributed by atoms with van der Waals surface area (Å²) in [5, 5.41) is 2.29. The lowest BCUT2D eigenvalue weighted by Gasteiger charge is -2.32. The molecular weight excluding hydrogens is 290 g/mol. The van der Waals surface area contributed by atoms with Crippen LogP contribution in [0.1, 0.15) is 18.1 Å². The Hall–Kier alpha value is -2.17. The van der Waals surface area contributed by atoms with E-state index in [1.807, 2.05) is 30.3 Å². The summed E-state index contributed by atoms with van der Waals surface area (Å²) < 4.78 is 11.0. The summed E-state index contributed by atoms with van der Waals surface area (Å²) >= 11 is 0. The van der Waals surface area contributed by atoms with Crippen LogP contribution in [0.5, 0.6) is 0 Å². The van der Waals surface area contributed by atoms with E-state index >= 15 is 0 Å². The molecule has 1 atom stereocenters. The van der Waals surface area contributed by atoms with Crippen LogP contribution < -0.4 is 0 Å². The normalized spacial score (nSPS) is 20.6. The Morgan fingerprint density at radius 1 is 1.30 bits per heavy atom. The molecule has 118 valence electrons. The molecule has 4 rings (SSSR count). The fourth-order valence-electron chi connectivity index (χ4n) is 3.29. The maximum atomic E-state index is 12.6. The lowest BCUT2D eigenvalue weighted by molar-refractivity contribution is -0.145. The van der Waals surface area contributed by atoms with E-state index in [4.69, 9.17) is 9.47 Å². The number of rotatable bonds is 3. The first kappa shape index (κ1) is 14.4. The van der Waals surface area contributed by atoms with Crippen molar-refractivity contribution in [1.29, 1.82) is 0 Å². The Bertz CT molecular complexity index is 791. The second-order valence-corrected chi connectivity index (χ2v) is 6.11. The molecule has 1 saturated heterocycles. The van der Waals surface area contributed by atoms with Gasteiger partial charge in [-0.2, -0.15) is 0 Å². The zero-order valence-corrected chi connectivity index (χ0v) is 13.1.